The molecule has 2 aliphatic heterocycles. The molecular weight excluding hydrogens is 306 g/mol. The van der Waals surface area contributed by atoms with Gasteiger partial charge in [-0.1, -0.05) is 0 Å². The van der Waals surface area contributed by atoms with Gasteiger partial charge in [-0.05, 0) is 12.8 Å². The highest BCUT2D eigenvalue weighted by Gasteiger charge is 2.40. The number of hydrogen-bond donors (Lipinski definition) is 3. The molecule has 2 amide bonds. The van der Waals surface area contributed by atoms with Crippen molar-refractivity contribution < 1.29 is 9.59 Å². The van der Waals surface area contributed by atoms with Crippen LogP contribution in [-0.4, -0.2) is 52.1 Å². The second kappa shape index (κ2) is 5.89. The summed E-state index contributed by atoms with van der Waals surface area (Å²) in [5, 5.41) is 13.3. The molecule has 7 nitrogen and oxygen atoms in total. The van der Waals surface area contributed by atoms with E-state index < -0.39 is 0 Å². The molecule has 0 spiro atoms. The molecule has 120 valence electrons. The van der Waals surface area contributed by atoms with Crippen molar-refractivity contribution in [3.63, 3.8) is 0 Å². The Morgan fingerprint density at radius 3 is 2.95 bits per heavy atom. The fraction of sp³-hybridized carbons (Fsp3) is 0.643. The van der Waals surface area contributed by atoms with E-state index in [-0.39, 0.29) is 30.3 Å². The Balaban J connectivity index is 0.00000144. The van der Waals surface area contributed by atoms with Gasteiger partial charge in [0.15, 0.2) is 5.69 Å². The summed E-state index contributed by atoms with van der Waals surface area (Å²) < 4.78 is 0. The third-order valence-electron chi connectivity index (χ3n) is 4.50. The molecule has 1 aromatic heterocycles. The predicted molar refractivity (Wildman–Crippen MR) is 81.9 cm³/mol. The summed E-state index contributed by atoms with van der Waals surface area (Å²) in [6, 6.07) is 0.330. The second-order valence-corrected chi connectivity index (χ2v) is 6.11. The maximum atomic E-state index is 12.4. The quantitative estimate of drug-likeness (QED) is 0.728. The van der Waals surface area contributed by atoms with E-state index >= 15 is 0 Å². The van der Waals surface area contributed by atoms with Crippen molar-refractivity contribution in [1.82, 2.24) is 25.7 Å². The molecule has 3 aliphatic rings. The van der Waals surface area contributed by atoms with Crippen LogP contribution >= 0.6 is 12.4 Å². The normalized spacial score (nSPS) is 23.9. The Labute approximate surface area is 134 Å². The molecule has 3 N–H and O–H groups in total. The summed E-state index contributed by atoms with van der Waals surface area (Å²) >= 11 is 0. The van der Waals surface area contributed by atoms with E-state index in [1.54, 1.807) is 0 Å². The zero-order valence-corrected chi connectivity index (χ0v) is 13.0. The van der Waals surface area contributed by atoms with Gasteiger partial charge in [0.05, 0.1) is 6.04 Å². The van der Waals surface area contributed by atoms with Crippen LogP contribution in [0.4, 0.5) is 0 Å². The third-order valence-corrected chi connectivity index (χ3v) is 4.50. The molecular formula is C14H20ClN5O2. The number of carbonyl (C=O) groups excluding carboxylic acids is 2. The fourth-order valence-electron chi connectivity index (χ4n) is 3.23. The number of H-pyrrole nitrogens is 1. The number of aromatic nitrogens is 2. The van der Waals surface area contributed by atoms with Crippen LogP contribution in [0.25, 0.3) is 0 Å². The molecule has 1 saturated carbocycles. The Hall–Kier alpha value is -1.60. The number of hydrogen-bond acceptors (Lipinski definition) is 4. The van der Waals surface area contributed by atoms with Gasteiger partial charge >= 0.3 is 0 Å². The Morgan fingerprint density at radius 2 is 2.18 bits per heavy atom. The number of amides is 2. The zero-order valence-electron chi connectivity index (χ0n) is 12.2. The molecule has 1 aromatic rings. The largest absolute Gasteiger partial charge is 0.346 e. The van der Waals surface area contributed by atoms with Crippen LogP contribution in [0.3, 0.4) is 0 Å². The van der Waals surface area contributed by atoms with E-state index in [9.17, 15) is 9.59 Å². The van der Waals surface area contributed by atoms with Crippen LogP contribution in [-0.2, 0) is 17.8 Å². The van der Waals surface area contributed by atoms with Crippen LogP contribution in [0, 0.1) is 0 Å². The van der Waals surface area contributed by atoms with Gasteiger partial charge in [0.2, 0.25) is 5.91 Å². The van der Waals surface area contributed by atoms with E-state index in [4.69, 9.17) is 0 Å². The lowest BCUT2D eigenvalue weighted by Crippen LogP contribution is -2.38. The average Bonchev–Trinajstić information content (AvgIpc) is 3.12. The molecule has 1 unspecified atom stereocenters. The minimum atomic E-state index is -0.174. The van der Waals surface area contributed by atoms with Gasteiger partial charge in [-0.25, -0.2) is 0 Å². The predicted octanol–water partition coefficient (Wildman–Crippen LogP) is -0.0297. The molecule has 1 aliphatic carbocycles. The molecule has 8 heteroatoms. The van der Waals surface area contributed by atoms with Gasteiger partial charge in [-0.3, -0.25) is 14.7 Å². The minimum absolute atomic E-state index is 0. The van der Waals surface area contributed by atoms with Crippen molar-refractivity contribution in [2.75, 3.05) is 13.1 Å². The highest BCUT2D eigenvalue weighted by atomic mass is 35.5. The van der Waals surface area contributed by atoms with Crippen LogP contribution in [0.2, 0.25) is 0 Å². The van der Waals surface area contributed by atoms with E-state index in [1.807, 2.05) is 4.90 Å². The molecule has 0 bridgehead atoms. The Bertz CT molecular complexity index is 598. The summed E-state index contributed by atoms with van der Waals surface area (Å²) in [6.45, 7) is 2.22. The standard InChI is InChI=1S/C14H19N5O2.ClH/c20-12-5-8(7-19(12)9-1-2-9)16-14(21)13-10-6-15-4-3-11(10)17-18-13;/h8-9,15H,1-7H2,(H,16,21)(H,17,18);1H. The molecule has 2 fully saturated rings. The monoisotopic (exact) mass is 325 g/mol. The number of rotatable bonds is 3. The molecule has 3 heterocycles. The number of nitrogens with zero attached hydrogens (tertiary/aromatic N) is 2. The SMILES string of the molecule is Cl.O=C(NC1CC(=O)N(C2CC2)C1)c1n[nH]c2c1CNCC2. The van der Waals surface area contributed by atoms with Gasteiger partial charge in [-0.2, -0.15) is 5.10 Å². The third kappa shape index (κ3) is 2.70. The zero-order chi connectivity index (χ0) is 14.4. The van der Waals surface area contributed by atoms with Crippen molar-refractivity contribution in [2.45, 2.75) is 44.3 Å². The first kappa shape index (κ1) is 15.3. The molecule has 0 radical (unpaired) electrons. The minimum Gasteiger partial charge on any atom is -0.346 e. The number of halogens is 1. The van der Waals surface area contributed by atoms with Gasteiger partial charge in [0.25, 0.3) is 5.91 Å². The summed E-state index contributed by atoms with van der Waals surface area (Å²) in [4.78, 5) is 26.2. The molecule has 1 atom stereocenters. The van der Waals surface area contributed by atoms with Crippen LogP contribution < -0.4 is 10.6 Å². The van der Waals surface area contributed by atoms with Crippen molar-refractivity contribution >= 4 is 24.2 Å². The smallest absolute Gasteiger partial charge is 0.272 e. The maximum absolute atomic E-state index is 12.4. The van der Waals surface area contributed by atoms with Crippen molar-refractivity contribution in [2.24, 2.45) is 0 Å². The van der Waals surface area contributed by atoms with Crippen molar-refractivity contribution in [1.29, 1.82) is 0 Å². The summed E-state index contributed by atoms with van der Waals surface area (Å²) in [6.07, 6.45) is 3.48. The molecule has 4 rings (SSSR count). The second-order valence-electron chi connectivity index (χ2n) is 6.11. The highest BCUT2D eigenvalue weighted by molar-refractivity contribution is 5.95. The van der Waals surface area contributed by atoms with Gasteiger partial charge in [0, 0.05) is 49.8 Å². The number of fused-ring (bicyclic) bond motifs is 1. The van der Waals surface area contributed by atoms with Crippen LogP contribution in [0.5, 0.6) is 0 Å². The average molecular weight is 326 g/mol. The number of carbonyl (C=O) groups is 2. The lowest BCUT2D eigenvalue weighted by molar-refractivity contribution is -0.128. The molecule has 1 saturated heterocycles. The van der Waals surface area contributed by atoms with Crippen LogP contribution in [0.1, 0.15) is 41.0 Å². The first-order chi connectivity index (χ1) is 10.2. The topological polar surface area (TPSA) is 90.1 Å². The van der Waals surface area contributed by atoms with E-state index in [0.29, 0.717) is 31.2 Å². The molecule has 22 heavy (non-hydrogen) atoms. The fourth-order valence-corrected chi connectivity index (χ4v) is 3.23. The number of aromatic amines is 1. The van der Waals surface area contributed by atoms with Crippen molar-refractivity contribution in [3.05, 3.63) is 17.0 Å². The van der Waals surface area contributed by atoms with E-state index in [2.05, 4.69) is 20.8 Å². The summed E-state index contributed by atoms with van der Waals surface area (Å²) in [5.41, 5.74) is 2.47. The summed E-state index contributed by atoms with van der Waals surface area (Å²) in [5.74, 6) is -0.0137. The number of likely N-dealkylation sites (tertiary alicyclic amines) is 1. The first-order valence-electron chi connectivity index (χ1n) is 7.59. The maximum Gasteiger partial charge on any atom is 0.272 e. The number of nitrogens with one attached hydrogen (secondary N) is 3. The van der Waals surface area contributed by atoms with E-state index in [0.717, 1.165) is 37.1 Å². The first-order valence-corrected chi connectivity index (χ1v) is 7.59. The Kier molecular flexibility index (Phi) is 4.10. The van der Waals surface area contributed by atoms with E-state index in [1.165, 1.54) is 0 Å². The summed E-state index contributed by atoms with van der Waals surface area (Å²) in [7, 11) is 0. The van der Waals surface area contributed by atoms with Crippen molar-refractivity contribution in [3.8, 4) is 0 Å². The highest BCUT2D eigenvalue weighted by Crippen LogP contribution is 2.30. The molecule has 0 aromatic carbocycles. The van der Waals surface area contributed by atoms with Gasteiger partial charge in [-0.15, -0.1) is 12.4 Å². The lowest BCUT2D eigenvalue weighted by Gasteiger charge is -2.16. The Morgan fingerprint density at radius 1 is 1.36 bits per heavy atom. The van der Waals surface area contributed by atoms with Gasteiger partial charge in [0.1, 0.15) is 0 Å². The lowest BCUT2D eigenvalue weighted by atomic mass is 10.1. The van der Waals surface area contributed by atoms with Gasteiger partial charge < -0.3 is 15.5 Å². The van der Waals surface area contributed by atoms with Crippen LogP contribution in [0.15, 0.2) is 0 Å².